The molecular formula is C13H12N4O3S. The van der Waals surface area contributed by atoms with Gasteiger partial charge in [-0.25, -0.2) is 13.4 Å². The molecule has 0 spiro atoms. The van der Waals surface area contributed by atoms with Crippen LogP contribution < -0.4 is 5.56 Å². The maximum Gasteiger partial charge on any atom is 0.277 e. The Bertz CT molecular complexity index is 977. The van der Waals surface area contributed by atoms with E-state index >= 15 is 0 Å². The summed E-state index contributed by atoms with van der Waals surface area (Å²) in [5.41, 5.74) is 1.77. The number of benzene rings is 1. The van der Waals surface area contributed by atoms with E-state index in [0.717, 1.165) is 0 Å². The van der Waals surface area contributed by atoms with Crippen LogP contribution in [0.1, 0.15) is 5.69 Å². The van der Waals surface area contributed by atoms with Crippen LogP contribution in [0.3, 0.4) is 0 Å². The first-order valence-corrected chi connectivity index (χ1v) is 7.33. The van der Waals surface area contributed by atoms with Crippen molar-refractivity contribution in [1.29, 1.82) is 0 Å². The number of aryl methyl sites for hydroxylation is 2. The van der Waals surface area contributed by atoms with Gasteiger partial charge in [0, 0.05) is 12.6 Å². The van der Waals surface area contributed by atoms with Gasteiger partial charge in [-0.2, -0.15) is 5.10 Å². The molecule has 2 heterocycles. The Morgan fingerprint density at radius 1 is 1.29 bits per heavy atom. The Labute approximate surface area is 121 Å². The van der Waals surface area contributed by atoms with Crippen LogP contribution >= 0.6 is 0 Å². The van der Waals surface area contributed by atoms with Crippen molar-refractivity contribution < 1.29 is 8.42 Å². The third-order valence-corrected chi connectivity index (χ3v) is 3.89. The Hall–Kier alpha value is -2.48. The van der Waals surface area contributed by atoms with Crippen molar-refractivity contribution in [3.63, 3.8) is 0 Å². The summed E-state index contributed by atoms with van der Waals surface area (Å²) in [6, 6.07) is 6.26. The zero-order valence-corrected chi connectivity index (χ0v) is 12.2. The van der Waals surface area contributed by atoms with Gasteiger partial charge in [0.2, 0.25) is 0 Å². The van der Waals surface area contributed by atoms with Crippen LogP contribution in [-0.2, 0) is 17.8 Å². The van der Waals surface area contributed by atoms with Gasteiger partial charge in [0.15, 0.2) is 16.2 Å². The molecule has 3 aromatic rings. The normalized spacial score (nSPS) is 11.4. The lowest BCUT2D eigenvalue weighted by Crippen LogP contribution is -2.12. The monoisotopic (exact) mass is 304 g/mol. The number of aromatic amines is 1. The van der Waals surface area contributed by atoms with Crippen molar-refractivity contribution in [2.24, 2.45) is 7.05 Å². The predicted octanol–water partition coefficient (Wildman–Crippen LogP) is 0.602. The van der Waals surface area contributed by atoms with E-state index in [2.05, 4.69) is 15.1 Å². The van der Waals surface area contributed by atoms with E-state index in [1.807, 2.05) is 0 Å². The van der Waals surface area contributed by atoms with Crippen molar-refractivity contribution in [1.82, 2.24) is 19.7 Å². The first kappa shape index (κ1) is 13.5. The van der Waals surface area contributed by atoms with Crippen molar-refractivity contribution in [2.45, 2.75) is 11.8 Å². The maximum atomic E-state index is 12.2. The third-order valence-electron chi connectivity index (χ3n) is 3.19. The number of thiol groups is 1. The minimum atomic E-state index is -2.68. The summed E-state index contributed by atoms with van der Waals surface area (Å²) in [5.74, 6) is 0.322. The molecule has 0 fully saturated rings. The SMILES string of the molecule is Cc1nn(C)c2c(=O)[nH]c(-c3cccc([SH](=O)=O)c3)nc12. The van der Waals surface area contributed by atoms with Crippen LogP contribution in [0.15, 0.2) is 34.0 Å². The minimum absolute atomic E-state index is 0.174. The van der Waals surface area contributed by atoms with Crippen LogP contribution in [0.2, 0.25) is 0 Å². The summed E-state index contributed by atoms with van der Waals surface area (Å²) < 4.78 is 23.6. The highest BCUT2D eigenvalue weighted by Gasteiger charge is 2.13. The van der Waals surface area contributed by atoms with Crippen molar-refractivity contribution in [3.05, 3.63) is 40.3 Å². The van der Waals surface area contributed by atoms with E-state index in [4.69, 9.17) is 0 Å². The molecule has 0 unspecified atom stereocenters. The highest BCUT2D eigenvalue weighted by Crippen LogP contribution is 2.19. The highest BCUT2D eigenvalue weighted by molar-refractivity contribution is 7.72. The van der Waals surface area contributed by atoms with Gasteiger partial charge in [-0.1, -0.05) is 12.1 Å². The Morgan fingerprint density at radius 2 is 2.05 bits per heavy atom. The van der Waals surface area contributed by atoms with Gasteiger partial charge in [0.25, 0.3) is 5.56 Å². The Balaban J connectivity index is 2.29. The summed E-state index contributed by atoms with van der Waals surface area (Å²) in [5, 5.41) is 4.17. The molecule has 8 heteroatoms. The molecule has 0 aliphatic carbocycles. The number of hydrogen-bond acceptors (Lipinski definition) is 5. The number of rotatable bonds is 2. The van der Waals surface area contributed by atoms with E-state index < -0.39 is 10.7 Å². The molecule has 108 valence electrons. The Kier molecular flexibility index (Phi) is 3.09. The van der Waals surface area contributed by atoms with E-state index in [9.17, 15) is 13.2 Å². The van der Waals surface area contributed by atoms with Crippen molar-refractivity contribution in [2.75, 3.05) is 0 Å². The van der Waals surface area contributed by atoms with Crippen LogP contribution in [0, 0.1) is 6.92 Å². The standard InChI is InChI=1S/C13H12N4O3S/c1-7-10-11(17(2)16-7)13(18)15-12(14-10)8-4-3-5-9(6-8)21(19)20/h3-6,21H,1-2H3,(H,14,15,18). The average molecular weight is 304 g/mol. The van der Waals surface area contributed by atoms with E-state index in [1.54, 1.807) is 26.1 Å². The van der Waals surface area contributed by atoms with Crippen LogP contribution in [-0.4, -0.2) is 28.2 Å². The molecule has 0 amide bonds. The van der Waals surface area contributed by atoms with Crippen molar-refractivity contribution >= 4 is 21.7 Å². The molecule has 0 radical (unpaired) electrons. The van der Waals surface area contributed by atoms with E-state index in [-0.39, 0.29) is 10.5 Å². The fourth-order valence-corrected chi connectivity index (χ4v) is 2.70. The molecule has 0 saturated heterocycles. The van der Waals surface area contributed by atoms with Gasteiger partial charge in [0.1, 0.15) is 11.3 Å². The molecule has 0 aliphatic heterocycles. The lowest BCUT2D eigenvalue weighted by Gasteiger charge is -2.02. The lowest BCUT2D eigenvalue weighted by molar-refractivity contribution is 0.614. The molecule has 3 rings (SSSR count). The fraction of sp³-hybridized carbons (Fsp3) is 0.154. The van der Waals surface area contributed by atoms with Gasteiger partial charge < -0.3 is 4.98 Å². The third kappa shape index (κ3) is 2.23. The first-order valence-electron chi connectivity index (χ1n) is 6.16. The maximum absolute atomic E-state index is 12.2. The second kappa shape index (κ2) is 4.81. The predicted molar refractivity (Wildman–Crippen MR) is 77.9 cm³/mol. The topological polar surface area (TPSA) is 97.7 Å². The summed E-state index contributed by atoms with van der Waals surface area (Å²) in [6.45, 7) is 1.77. The summed E-state index contributed by atoms with van der Waals surface area (Å²) >= 11 is 0. The van der Waals surface area contributed by atoms with Gasteiger partial charge >= 0.3 is 0 Å². The lowest BCUT2D eigenvalue weighted by atomic mass is 10.2. The second-order valence-corrected chi connectivity index (χ2v) is 5.66. The van der Waals surface area contributed by atoms with Crippen LogP contribution in [0.5, 0.6) is 0 Å². The molecular weight excluding hydrogens is 292 g/mol. The molecule has 0 bridgehead atoms. The second-order valence-electron chi connectivity index (χ2n) is 4.63. The smallest absolute Gasteiger partial charge is 0.277 e. The number of H-pyrrole nitrogens is 1. The number of fused-ring (bicyclic) bond motifs is 1. The molecule has 1 N–H and O–H groups in total. The number of nitrogens with zero attached hydrogens (tertiary/aromatic N) is 3. The zero-order chi connectivity index (χ0) is 15.1. The number of hydrogen-bond donors (Lipinski definition) is 2. The minimum Gasteiger partial charge on any atom is -0.305 e. The van der Waals surface area contributed by atoms with Crippen molar-refractivity contribution in [3.8, 4) is 11.4 Å². The quantitative estimate of drug-likeness (QED) is 0.676. The largest absolute Gasteiger partial charge is 0.305 e. The molecule has 1 aromatic carbocycles. The highest BCUT2D eigenvalue weighted by atomic mass is 32.2. The first-order chi connectivity index (χ1) is 9.97. The summed E-state index contributed by atoms with van der Waals surface area (Å²) in [4.78, 5) is 19.4. The van der Waals surface area contributed by atoms with Gasteiger partial charge in [-0.3, -0.25) is 9.48 Å². The van der Waals surface area contributed by atoms with E-state index in [0.29, 0.717) is 28.1 Å². The molecule has 21 heavy (non-hydrogen) atoms. The molecule has 7 nitrogen and oxygen atoms in total. The van der Waals surface area contributed by atoms with Gasteiger partial charge in [-0.15, -0.1) is 0 Å². The molecule has 0 saturated carbocycles. The average Bonchev–Trinajstić information content (AvgIpc) is 2.74. The van der Waals surface area contributed by atoms with Crippen LogP contribution in [0.4, 0.5) is 0 Å². The van der Waals surface area contributed by atoms with Gasteiger partial charge in [0.05, 0.1) is 10.6 Å². The number of nitrogens with one attached hydrogen (secondary N) is 1. The number of aromatic nitrogens is 4. The molecule has 0 aliphatic rings. The fourth-order valence-electron chi connectivity index (χ4n) is 2.25. The molecule has 2 aromatic heterocycles. The van der Waals surface area contributed by atoms with Crippen LogP contribution in [0.25, 0.3) is 22.4 Å². The molecule has 0 atom stereocenters. The van der Waals surface area contributed by atoms with Gasteiger partial charge in [-0.05, 0) is 19.1 Å². The zero-order valence-electron chi connectivity index (χ0n) is 11.3. The summed E-state index contributed by atoms with van der Waals surface area (Å²) in [6.07, 6.45) is 0. The Morgan fingerprint density at radius 3 is 2.76 bits per heavy atom. The van der Waals surface area contributed by atoms with E-state index in [1.165, 1.54) is 16.8 Å². The summed E-state index contributed by atoms with van der Waals surface area (Å²) in [7, 11) is -1.01.